The molecule has 1 aromatic carbocycles. The zero-order chi connectivity index (χ0) is 20.1. The second kappa shape index (κ2) is 7.94. The molecule has 8 nitrogen and oxygen atoms in total. The Labute approximate surface area is 156 Å². The predicted molar refractivity (Wildman–Crippen MR) is 91.1 cm³/mol. The Bertz CT molecular complexity index is 944. The summed E-state index contributed by atoms with van der Waals surface area (Å²) in [5.41, 5.74) is 0.291. The van der Waals surface area contributed by atoms with Gasteiger partial charge < -0.3 is 14.8 Å². The molecule has 0 unspecified atom stereocenters. The van der Waals surface area contributed by atoms with E-state index in [0.717, 1.165) is 12.1 Å². The zero-order valence-corrected chi connectivity index (χ0v) is 14.5. The molecule has 0 bridgehead atoms. The number of halogens is 3. The number of hydrogen-bond acceptors (Lipinski definition) is 6. The third kappa shape index (κ3) is 5.43. The number of amides is 1. The van der Waals surface area contributed by atoms with Crippen LogP contribution < -0.4 is 14.8 Å². The normalized spacial score (nSPS) is 11.1. The SMILES string of the molecule is Cc1nc(OCC(=O)Nc2ccc(OC(F)(F)F)cc2)cc(-n2cccn2)n1. The van der Waals surface area contributed by atoms with Crippen molar-refractivity contribution in [1.29, 1.82) is 0 Å². The lowest BCUT2D eigenvalue weighted by molar-refractivity contribution is -0.274. The lowest BCUT2D eigenvalue weighted by Crippen LogP contribution is -2.21. The van der Waals surface area contributed by atoms with Gasteiger partial charge in [-0.25, -0.2) is 9.67 Å². The van der Waals surface area contributed by atoms with Crippen molar-refractivity contribution in [2.24, 2.45) is 0 Å². The number of alkyl halides is 3. The highest BCUT2D eigenvalue weighted by molar-refractivity contribution is 5.91. The molecule has 1 N–H and O–H groups in total. The molecule has 28 heavy (non-hydrogen) atoms. The second-order valence-corrected chi connectivity index (χ2v) is 5.47. The number of ether oxygens (including phenoxy) is 2. The van der Waals surface area contributed by atoms with Crippen LogP contribution in [0.25, 0.3) is 5.82 Å². The van der Waals surface area contributed by atoms with E-state index in [1.54, 1.807) is 25.4 Å². The summed E-state index contributed by atoms with van der Waals surface area (Å²) < 4.78 is 47.1. The molecule has 0 aliphatic heterocycles. The number of nitrogens with zero attached hydrogens (tertiary/aromatic N) is 4. The summed E-state index contributed by atoms with van der Waals surface area (Å²) in [5, 5.41) is 6.56. The summed E-state index contributed by atoms with van der Waals surface area (Å²) in [6.45, 7) is 1.32. The van der Waals surface area contributed by atoms with E-state index in [-0.39, 0.29) is 18.2 Å². The summed E-state index contributed by atoms with van der Waals surface area (Å²) in [6, 6.07) is 8.00. The van der Waals surface area contributed by atoms with Crippen LogP contribution in [0.15, 0.2) is 48.8 Å². The van der Waals surface area contributed by atoms with Gasteiger partial charge in [0.1, 0.15) is 11.6 Å². The maximum Gasteiger partial charge on any atom is 0.573 e. The van der Waals surface area contributed by atoms with Crippen molar-refractivity contribution in [3.05, 3.63) is 54.6 Å². The van der Waals surface area contributed by atoms with E-state index in [0.29, 0.717) is 17.3 Å². The Morgan fingerprint density at radius 3 is 2.61 bits per heavy atom. The number of carbonyl (C=O) groups excluding carboxylic acids is 1. The number of aryl methyl sites for hydroxylation is 1. The molecule has 0 aliphatic rings. The molecular formula is C17H14F3N5O3. The Hall–Kier alpha value is -3.63. The molecule has 0 fully saturated rings. The first-order valence-corrected chi connectivity index (χ1v) is 7.93. The van der Waals surface area contributed by atoms with E-state index in [2.05, 4.69) is 25.1 Å². The van der Waals surface area contributed by atoms with Crippen LogP contribution in [-0.2, 0) is 4.79 Å². The fourth-order valence-electron chi connectivity index (χ4n) is 2.20. The maximum absolute atomic E-state index is 12.1. The standard InChI is InChI=1S/C17H14F3N5O3/c1-11-22-14(25-8-2-7-21-25)9-16(23-11)27-10-15(26)24-12-3-5-13(6-4-12)28-17(18,19)20/h2-9H,10H2,1H3,(H,24,26). The number of hydrogen-bond donors (Lipinski definition) is 1. The highest BCUT2D eigenvalue weighted by Gasteiger charge is 2.30. The second-order valence-electron chi connectivity index (χ2n) is 5.47. The number of aromatic nitrogens is 4. The van der Waals surface area contributed by atoms with Crippen LogP contribution in [0.2, 0.25) is 0 Å². The van der Waals surface area contributed by atoms with Crippen LogP contribution in [0.1, 0.15) is 5.82 Å². The van der Waals surface area contributed by atoms with Crippen molar-refractivity contribution >= 4 is 11.6 Å². The van der Waals surface area contributed by atoms with Crippen LogP contribution in [0.5, 0.6) is 11.6 Å². The van der Waals surface area contributed by atoms with Crippen molar-refractivity contribution in [2.45, 2.75) is 13.3 Å². The number of carbonyl (C=O) groups is 1. The average Bonchev–Trinajstić information content (AvgIpc) is 3.15. The first-order valence-electron chi connectivity index (χ1n) is 7.93. The third-order valence-corrected chi connectivity index (χ3v) is 3.26. The largest absolute Gasteiger partial charge is 0.573 e. The van der Waals surface area contributed by atoms with Crippen molar-refractivity contribution in [3.8, 4) is 17.4 Å². The molecular weight excluding hydrogens is 379 g/mol. The minimum absolute atomic E-state index is 0.182. The van der Waals surface area contributed by atoms with E-state index in [4.69, 9.17) is 4.74 Å². The smallest absolute Gasteiger partial charge is 0.467 e. The molecule has 2 heterocycles. The van der Waals surface area contributed by atoms with Crippen molar-refractivity contribution in [3.63, 3.8) is 0 Å². The Morgan fingerprint density at radius 2 is 1.96 bits per heavy atom. The fraction of sp³-hybridized carbons (Fsp3) is 0.176. The molecule has 0 atom stereocenters. The molecule has 1 amide bonds. The molecule has 3 rings (SSSR count). The van der Waals surface area contributed by atoms with Crippen molar-refractivity contribution in [1.82, 2.24) is 19.7 Å². The Kier molecular flexibility index (Phi) is 5.43. The van der Waals surface area contributed by atoms with Gasteiger partial charge in [0.25, 0.3) is 5.91 Å². The van der Waals surface area contributed by atoms with Gasteiger partial charge >= 0.3 is 6.36 Å². The quantitative estimate of drug-likeness (QED) is 0.693. The van der Waals surface area contributed by atoms with Crippen LogP contribution in [0.3, 0.4) is 0 Å². The number of nitrogens with one attached hydrogen (secondary N) is 1. The van der Waals surface area contributed by atoms with Gasteiger partial charge in [-0.05, 0) is 37.3 Å². The molecule has 146 valence electrons. The molecule has 11 heteroatoms. The molecule has 2 aromatic heterocycles. The topological polar surface area (TPSA) is 91.2 Å². The van der Waals surface area contributed by atoms with Crippen molar-refractivity contribution in [2.75, 3.05) is 11.9 Å². The summed E-state index contributed by atoms with van der Waals surface area (Å²) in [4.78, 5) is 20.3. The predicted octanol–water partition coefficient (Wildman–Crippen LogP) is 2.89. The minimum Gasteiger partial charge on any atom is -0.467 e. The van der Waals surface area contributed by atoms with Gasteiger partial charge in [-0.15, -0.1) is 13.2 Å². The van der Waals surface area contributed by atoms with E-state index in [1.165, 1.54) is 22.9 Å². The van der Waals surface area contributed by atoms with Gasteiger partial charge in [-0.1, -0.05) is 0 Å². The van der Waals surface area contributed by atoms with Gasteiger partial charge in [0, 0.05) is 24.1 Å². The van der Waals surface area contributed by atoms with Crippen LogP contribution in [0, 0.1) is 6.92 Å². The van der Waals surface area contributed by atoms with Gasteiger partial charge in [0.05, 0.1) is 0 Å². The van der Waals surface area contributed by atoms with E-state index in [1.807, 2.05) is 0 Å². The first kappa shape index (κ1) is 19.1. The number of rotatable bonds is 6. The van der Waals surface area contributed by atoms with Gasteiger partial charge in [0.2, 0.25) is 5.88 Å². The summed E-state index contributed by atoms with van der Waals surface area (Å²) in [7, 11) is 0. The number of anilines is 1. The maximum atomic E-state index is 12.1. The van der Waals surface area contributed by atoms with Crippen LogP contribution in [0.4, 0.5) is 18.9 Å². The van der Waals surface area contributed by atoms with E-state index >= 15 is 0 Å². The lowest BCUT2D eigenvalue weighted by Gasteiger charge is -2.10. The van der Waals surface area contributed by atoms with E-state index in [9.17, 15) is 18.0 Å². The summed E-state index contributed by atoms with van der Waals surface area (Å²) in [5.74, 6) is 0.199. The Balaban J connectivity index is 1.57. The fourth-order valence-corrected chi connectivity index (χ4v) is 2.20. The molecule has 0 spiro atoms. The van der Waals surface area contributed by atoms with Crippen LogP contribution in [-0.4, -0.2) is 38.6 Å². The molecule has 0 aliphatic carbocycles. The molecule has 0 radical (unpaired) electrons. The summed E-state index contributed by atoms with van der Waals surface area (Å²) >= 11 is 0. The first-order chi connectivity index (χ1) is 13.3. The van der Waals surface area contributed by atoms with Gasteiger partial charge in [-0.2, -0.15) is 10.1 Å². The third-order valence-electron chi connectivity index (χ3n) is 3.26. The average molecular weight is 393 g/mol. The molecule has 3 aromatic rings. The number of benzene rings is 1. The van der Waals surface area contributed by atoms with Crippen LogP contribution >= 0.6 is 0 Å². The monoisotopic (exact) mass is 393 g/mol. The lowest BCUT2D eigenvalue weighted by atomic mass is 10.3. The highest BCUT2D eigenvalue weighted by Crippen LogP contribution is 2.24. The van der Waals surface area contributed by atoms with Gasteiger partial charge in [-0.3, -0.25) is 4.79 Å². The molecule has 0 saturated carbocycles. The minimum atomic E-state index is -4.77. The molecule has 0 saturated heterocycles. The van der Waals surface area contributed by atoms with Crippen molar-refractivity contribution < 1.29 is 27.4 Å². The van der Waals surface area contributed by atoms with E-state index < -0.39 is 12.3 Å². The van der Waals surface area contributed by atoms with Gasteiger partial charge in [0.15, 0.2) is 12.4 Å². The Morgan fingerprint density at radius 1 is 1.21 bits per heavy atom. The zero-order valence-electron chi connectivity index (χ0n) is 14.5. The highest BCUT2D eigenvalue weighted by atomic mass is 19.4. The summed E-state index contributed by atoms with van der Waals surface area (Å²) in [6.07, 6.45) is -1.48.